The average molecular weight is 274 g/mol. The first-order chi connectivity index (χ1) is 9.08. The van der Waals surface area contributed by atoms with Crippen molar-refractivity contribution in [2.75, 3.05) is 0 Å². The number of hydrogen-bond acceptors (Lipinski definition) is 4. The molecule has 3 rings (SSSR count). The largest absolute Gasteiger partial charge is 0.506 e. The molecule has 0 radical (unpaired) electrons. The zero-order chi connectivity index (χ0) is 13.6. The van der Waals surface area contributed by atoms with Crippen molar-refractivity contribution in [3.63, 3.8) is 0 Å². The number of aromatic amines is 1. The number of phenols is 1. The number of nitrogens with one attached hydrogen (secondary N) is 1. The SMILES string of the molecule is Cc1ccc(-n2c(=O)[nH]c3c(O)cccc3c2=O)s1. The first-order valence-electron chi connectivity index (χ1n) is 5.62. The summed E-state index contributed by atoms with van der Waals surface area (Å²) in [4.78, 5) is 27.9. The van der Waals surface area contributed by atoms with Crippen molar-refractivity contribution in [2.45, 2.75) is 6.92 Å². The molecular formula is C13H10N2O3S. The van der Waals surface area contributed by atoms with Crippen molar-refractivity contribution in [3.8, 4) is 10.8 Å². The minimum atomic E-state index is -0.555. The monoisotopic (exact) mass is 274 g/mol. The van der Waals surface area contributed by atoms with Gasteiger partial charge in [0.05, 0.1) is 10.9 Å². The fourth-order valence-corrected chi connectivity index (χ4v) is 2.83. The second-order valence-electron chi connectivity index (χ2n) is 4.15. The Labute approximate surface area is 111 Å². The van der Waals surface area contributed by atoms with Gasteiger partial charge >= 0.3 is 5.69 Å². The maximum Gasteiger partial charge on any atom is 0.334 e. The second kappa shape index (κ2) is 4.10. The number of fused-ring (bicyclic) bond motifs is 1. The molecular weight excluding hydrogens is 264 g/mol. The zero-order valence-electron chi connectivity index (χ0n) is 10.0. The Kier molecular flexibility index (Phi) is 2.53. The molecule has 0 saturated heterocycles. The molecule has 0 atom stereocenters. The highest BCUT2D eigenvalue weighted by Gasteiger charge is 2.12. The predicted octanol–water partition coefficient (Wildman–Crippen LogP) is 1.75. The lowest BCUT2D eigenvalue weighted by molar-refractivity contribution is 0.480. The van der Waals surface area contributed by atoms with Crippen molar-refractivity contribution in [3.05, 3.63) is 56.0 Å². The maximum absolute atomic E-state index is 12.3. The molecule has 96 valence electrons. The Bertz CT molecular complexity index is 889. The van der Waals surface area contributed by atoms with Gasteiger partial charge in [-0.25, -0.2) is 9.36 Å². The quantitative estimate of drug-likeness (QED) is 0.710. The van der Waals surface area contributed by atoms with E-state index in [1.54, 1.807) is 18.2 Å². The molecule has 2 heterocycles. The Morgan fingerprint density at radius 2 is 2.00 bits per heavy atom. The van der Waals surface area contributed by atoms with Gasteiger partial charge in [0, 0.05) is 4.88 Å². The molecule has 0 aliphatic carbocycles. The average Bonchev–Trinajstić information content (AvgIpc) is 2.77. The van der Waals surface area contributed by atoms with E-state index in [0.29, 0.717) is 5.00 Å². The van der Waals surface area contributed by atoms with Crippen LogP contribution in [0.15, 0.2) is 39.9 Å². The summed E-state index contributed by atoms with van der Waals surface area (Å²) < 4.78 is 1.08. The number of para-hydroxylation sites is 1. The van der Waals surface area contributed by atoms with Crippen LogP contribution in [0.5, 0.6) is 5.75 Å². The summed E-state index contributed by atoms with van der Waals surface area (Å²) in [5.74, 6) is -0.110. The van der Waals surface area contributed by atoms with Crippen LogP contribution in [0.1, 0.15) is 4.88 Å². The van der Waals surface area contributed by atoms with E-state index in [0.717, 1.165) is 9.44 Å². The number of H-pyrrole nitrogens is 1. The molecule has 0 fully saturated rings. The van der Waals surface area contributed by atoms with Gasteiger partial charge in [0.1, 0.15) is 10.8 Å². The van der Waals surface area contributed by atoms with E-state index >= 15 is 0 Å². The minimum Gasteiger partial charge on any atom is -0.506 e. The Balaban J connectivity index is 2.45. The van der Waals surface area contributed by atoms with Crippen LogP contribution in [0.3, 0.4) is 0 Å². The summed E-state index contributed by atoms with van der Waals surface area (Å²) in [7, 11) is 0. The van der Waals surface area contributed by atoms with Crippen LogP contribution in [0.25, 0.3) is 15.9 Å². The molecule has 0 saturated carbocycles. The van der Waals surface area contributed by atoms with Gasteiger partial charge in [0.25, 0.3) is 5.56 Å². The fraction of sp³-hybridized carbons (Fsp3) is 0.0769. The highest BCUT2D eigenvalue weighted by Crippen LogP contribution is 2.20. The zero-order valence-corrected chi connectivity index (χ0v) is 10.8. The van der Waals surface area contributed by atoms with Crippen LogP contribution in [0.4, 0.5) is 0 Å². The third-order valence-corrected chi connectivity index (χ3v) is 3.84. The second-order valence-corrected chi connectivity index (χ2v) is 5.42. The molecule has 0 amide bonds. The van der Waals surface area contributed by atoms with Crippen molar-refractivity contribution in [1.29, 1.82) is 0 Å². The highest BCUT2D eigenvalue weighted by molar-refractivity contribution is 7.14. The normalized spacial score (nSPS) is 11.0. The summed E-state index contributed by atoms with van der Waals surface area (Å²) in [5, 5.41) is 10.5. The molecule has 2 aromatic heterocycles. The topological polar surface area (TPSA) is 75.1 Å². The predicted molar refractivity (Wildman–Crippen MR) is 74.4 cm³/mol. The Morgan fingerprint density at radius 3 is 2.68 bits per heavy atom. The van der Waals surface area contributed by atoms with E-state index in [1.165, 1.54) is 17.4 Å². The first-order valence-corrected chi connectivity index (χ1v) is 6.43. The lowest BCUT2D eigenvalue weighted by atomic mass is 10.2. The van der Waals surface area contributed by atoms with Gasteiger partial charge in [-0.3, -0.25) is 4.79 Å². The summed E-state index contributed by atoms with van der Waals surface area (Å²) >= 11 is 1.36. The van der Waals surface area contributed by atoms with Gasteiger partial charge in [0.2, 0.25) is 0 Å². The van der Waals surface area contributed by atoms with Gasteiger partial charge in [-0.2, -0.15) is 0 Å². The van der Waals surface area contributed by atoms with E-state index in [2.05, 4.69) is 4.98 Å². The van der Waals surface area contributed by atoms with E-state index in [-0.39, 0.29) is 16.7 Å². The summed E-state index contributed by atoms with van der Waals surface area (Å²) in [6.45, 7) is 1.90. The highest BCUT2D eigenvalue weighted by atomic mass is 32.1. The van der Waals surface area contributed by atoms with Gasteiger partial charge < -0.3 is 10.1 Å². The van der Waals surface area contributed by atoms with Crippen LogP contribution in [0, 0.1) is 6.92 Å². The number of aromatic nitrogens is 2. The van der Waals surface area contributed by atoms with Gasteiger partial charge in [-0.1, -0.05) is 6.07 Å². The molecule has 2 N–H and O–H groups in total. The number of benzene rings is 1. The van der Waals surface area contributed by atoms with Crippen LogP contribution in [-0.4, -0.2) is 14.7 Å². The van der Waals surface area contributed by atoms with Crippen molar-refractivity contribution in [2.24, 2.45) is 0 Å². The van der Waals surface area contributed by atoms with Crippen molar-refractivity contribution >= 4 is 22.2 Å². The summed E-state index contributed by atoms with van der Waals surface area (Å²) in [6.07, 6.45) is 0. The number of aromatic hydroxyl groups is 1. The van der Waals surface area contributed by atoms with Crippen LogP contribution < -0.4 is 11.2 Å². The van der Waals surface area contributed by atoms with Crippen LogP contribution >= 0.6 is 11.3 Å². The molecule has 6 heteroatoms. The minimum absolute atomic E-state index is 0.110. The molecule has 0 bridgehead atoms. The first kappa shape index (κ1) is 11.7. The molecule has 5 nitrogen and oxygen atoms in total. The van der Waals surface area contributed by atoms with Gasteiger partial charge in [0.15, 0.2) is 0 Å². The van der Waals surface area contributed by atoms with Crippen molar-refractivity contribution < 1.29 is 5.11 Å². The number of rotatable bonds is 1. The lowest BCUT2D eigenvalue weighted by Crippen LogP contribution is -2.32. The lowest BCUT2D eigenvalue weighted by Gasteiger charge is -2.04. The van der Waals surface area contributed by atoms with Crippen LogP contribution in [0.2, 0.25) is 0 Å². The van der Waals surface area contributed by atoms with Gasteiger partial charge in [-0.15, -0.1) is 11.3 Å². The summed E-state index contributed by atoms with van der Waals surface area (Å²) in [6, 6.07) is 8.15. The molecule has 3 aromatic rings. The molecule has 19 heavy (non-hydrogen) atoms. The smallest absolute Gasteiger partial charge is 0.334 e. The van der Waals surface area contributed by atoms with E-state index in [4.69, 9.17) is 0 Å². The third-order valence-electron chi connectivity index (χ3n) is 2.86. The van der Waals surface area contributed by atoms with E-state index in [9.17, 15) is 14.7 Å². The Morgan fingerprint density at radius 1 is 1.21 bits per heavy atom. The Hall–Kier alpha value is -2.34. The number of nitrogens with zero attached hydrogens (tertiary/aromatic N) is 1. The number of thiophene rings is 1. The molecule has 0 spiro atoms. The summed E-state index contributed by atoms with van der Waals surface area (Å²) in [5.41, 5.74) is -0.820. The molecule has 1 aromatic carbocycles. The maximum atomic E-state index is 12.3. The van der Waals surface area contributed by atoms with E-state index < -0.39 is 11.2 Å². The van der Waals surface area contributed by atoms with Crippen LogP contribution in [-0.2, 0) is 0 Å². The van der Waals surface area contributed by atoms with Gasteiger partial charge in [-0.05, 0) is 31.2 Å². The molecule has 0 aliphatic heterocycles. The number of aryl methyl sites for hydroxylation is 1. The third kappa shape index (κ3) is 1.77. The van der Waals surface area contributed by atoms with E-state index in [1.807, 2.05) is 13.0 Å². The molecule has 0 aliphatic rings. The number of hydrogen-bond donors (Lipinski definition) is 2. The van der Waals surface area contributed by atoms with Crippen molar-refractivity contribution in [1.82, 2.24) is 9.55 Å². The standard InChI is InChI=1S/C13H10N2O3S/c1-7-5-6-10(19-7)15-12(17)8-3-2-4-9(16)11(8)14-13(15)18/h2-6,16H,1H3,(H,14,18). The number of phenolic OH excluding ortho intramolecular Hbond substituents is 1. The fourth-order valence-electron chi connectivity index (χ4n) is 1.97. The molecule has 0 unspecified atom stereocenters.